The summed E-state index contributed by atoms with van der Waals surface area (Å²) in [6, 6.07) is 0. The maximum atomic E-state index is 9.98. The van der Waals surface area contributed by atoms with Crippen molar-refractivity contribution in [1.29, 1.82) is 0 Å². The van der Waals surface area contributed by atoms with Crippen molar-refractivity contribution in [2.75, 3.05) is 13.2 Å². The third-order valence-corrected chi connectivity index (χ3v) is 6.06. The Bertz CT molecular complexity index is 399. The molecule has 0 saturated carbocycles. The molecule has 4 atom stereocenters. The fraction of sp³-hybridized carbons (Fsp3) is 0.920. The van der Waals surface area contributed by atoms with E-state index in [1.54, 1.807) is 6.26 Å². The van der Waals surface area contributed by atoms with Crippen molar-refractivity contribution in [2.45, 2.75) is 134 Å². The zero-order valence-corrected chi connectivity index (χ0v) is 19.4. The van der Waals surface area contributed by atoms with Crippen LogP contribution in [0.25, 0.3) is 0 Å². The molecule has 1 heterocycles. The zero-order valence-electron chi connectivity index (χ0n) is 19.4. The smallest absolute Gasteiger partial charge is 0.154 e. The number of allylic oxidation sites excluding steroid dienone is 1. The third-order valence-electron chi connectivity index (χ3n) is 6.06. The van der Waals surface area contributed by atoms with Gasteiger partial charge in [0, 0.05) is 0 Å². The second-order valence-electron chi connectivity index (χ2n) is 8.82. The number of unbranched alkanes of at least 4 members (excludes halogenated alkanes) is 15. The molecule has 0 aliphatic carbocycles. The van der Waals surface area contributed by atoms with Crippen LogP contribution in [0.1, 0.15) is 110 Å². The predicted molar refractivity (Wildman–Crippen MR) is 122 cm³/mol. The van der Waals surface area contributed by atoms with Crippen LogP contribution in [0.15, 0.2) is 12.3 Å². The van der Waals surface area contributed by atoms with E-state index in [0.717, 1.165) is 12.8 Å². The third kappa shape index (κ3) is 12.9. The standard InChI is InChI=1S/C25H48O5/c1-2-3-4-5-6-7-8-9-10-11-12-13-14-15-16-17-18-19-29-25-23(20-26)30-21-22(27)24(25)28/h18-19,22-28H,2-17,20-21H2,1H3/b19-18+/t22-,23+,24+,25+/m0/s1. The average molecular weight is 429 g/mol. The second-order valence-corrected chi connectivity index (χ2v) is 8.82. The highest BCUT2D eigenvalue weighted by Crippen LogP contribution is 2.19. The first kappa shape index (κ1) is 27.4. The summed E-state index contributed by atoms with van der Waals surface area (Å²) < 4.78 is 10.8. The minimum atomic E-state index is -1.04. The molecular formula is C25H48O5. The molecule has 0 aromatic carbocycles. The molecule has 1 fully saturated rings. The maximum Gasteiger partial charge on any atom is 0.154 e. The number of rotatable bonds is 19. The molecule has 0 aromatic rings. The van der Waals surface area contributed by atoms with Gasteiger partial charge in [-0.2, -0.15) is 0 Å². The molecule has 0 spiro atoms. The molecule has 0 bridgehead atoms. The molecule has 178 valence electrons. The van der Waals surface area contributed by atoms with Crippen LogP contribution in [-0.4, -0.2) is 52.9 Å². The molecule has 0 unspecified atom stereocenters. The molecule has 0 aromatic heterocycles. The van der Waals surface area contributed by atoms with Gasteiger partial charge in [-0.3, -0.25) is 0 Å². The van der Waals surface area contributed by atoms with Crippen LogP contribution in [0.2, 0.25) is 0 Å². The van der Waals surface area contributed by atoms with Crippen molar-refractivity contribution in [1.82, 2.24) is 0 Å². The second kappa shape index (κ2) is 19.1. The van der Waals surface area contributed by atoms with Crippen molar-refractivity contribution in [3.05, 3.63) is 12.3 Å². The highest BCUT2D eigenvalue weighted by Gasteiger charge is 2.39. The van der Waals surface area contributed by atoms with E-state index in [-0.39, 0.29) is 13.2 Å². The fourth-order valence-electron chi connectivity index (χ4n) is 4.03. The molecule has 3 N–H and O–H groups in total. The van der Waals surface area contributed by atoms with Crippen molar-refractivity contribution >= 4 is 0 Å². The van der Waals surface area contributed by atoms with Gasteiger partial charge in [0.15, 0.2) is 6.10 Å². The monoisotopic (exact) mass is 428 g/mol. The largest absolute Gasteiger partial charge is 0.493 e. The van der Waals surface area contributed by atoms with Crippen molar-refractivity contribution in [3.63, 3.8) is 0 Å². The summed E-state index contributed by atoms with van der Waals surface area (Å²) in [7, 11) is 0. The Hall–Kier alpha value is -0.620. The number of hydrogen-bond acceptors (Lipinski definition) is 5. The van der Waals surface area contributed by atoms with Gasteiger partial charge in [-0.15, -0.1) is 0 Å². The lowest BCUT2D eigenvalue weighted by Gasteiger charge is -2.36. The lowest BCUT2D eigenvalue weighted by molar-refractivity contribution is -0.197. The van der Waals surface area contributed by atoms with Gasteiger partial charge in [0.25, 0.3) is 0 Å². The summed E-state index contributed by atoms with van der Waals surface area (Å²) >= 11 is 0. The first-order valence-corrected chi connectivity index (χ1v) is 12.6. The van der Waals surface area contributed by atoms with Crippen LogP contribution in [0.5, 0.6) is 0 Å². The quantitative estimate of drug-likeness (QED) is 0.193. The van der Waals surface area contributed by atoms with E-state index in [1.807, 2.05) is 6.08 Å². The first-order chi connectivity index (χ1) is 14.7. The van der Waals surface area contributed by atoms with E-state index < -0.39 is 24.4 Å². The summed E-state index contributed by atoms with van der Waals surface area (Å²) in [5.41, 5.74) is 0. The molecule has 1 rings (SSSR count). The Morgan fingerprint density at radius 3 is 1.80 bits per heavy atom. The van der Waals surface area contributed by atoms with E-state index >= 15 is 0 Å². The van der Waals surface area contributed by atoms with Crippen molar-refractivity contribution in [3.8, 4) is 0 Å². The first-order valence-electron chi connectivity index (χ1n) is 12.6. The van der Waals surface area contributed by atoms with E-state index in [2.05, 4.69) is 6.92 Å². The summed E-state index contributed by atoms with van der Waals surface area (Å²) in [6.07, 6.45) is 21.5. The van der Waals surface area contributed by atoms with Gasteiger partial charge >= 0.3 is 0 Å². The van der Waals surface area contributed by atoms with Gasteiger partial charge in [0.05, 0.1) is 19.5 Å². The predicted octanol–water partition coefficient (Wildman–Crippen LogP) is 5.26. The van der Waals surface area contributed by atoms with Gasteiger partial charge in [-0.25, -0.2) is 0 Å². The lowest BCUT2D eigenvalue weighted by atomic mass is 10.0. The highest BCUT2D eigenvalue weighted by atomic mass is 16.6. The van der Waals surface area contributed by atoms with Crippen LogP contribution in [-0.2, 0) is 9.47 Å². The van der Waals surface area contributed by atoms with Gasteiger partial charge in [0.2, 0.25) is 0 Å². The summed E-state index contributed by atoms with van der Waals surface area (Å²) in [4.78, 5) is 0. The summed E-state index contributed by atoms with van der Waals surface area (Å²) in [5.74, 6) is 0. The lowest BCUT2D eigenvalue weighted by Crippen LogP contribution is -2.54. The molecule has 5 nitrogen and oxygen atoms in total. The van der Waals surface area contributed by atoms with Crippen molar-refractivity contribution in [2.24, 2.45) is 0 Å². The number of ether oxygens (including phenoxy) is 2. The van der Waals surface area contributed by atoms with Crippen LogP contribution in [0.4, 0.5) is 0 Å². The van der Waals surface area contributed by atoms with Crippen LogP contribution >= 0.6 is 0 Å². The molecule has 5 heteroatoms. The Morgan fingerprint density at radius 2 is 1.30 bits per heavy atom. The minimum Gasteiger partial charge on any atom is -0.493 e. The Kier molecular flexibility index (Phi) is 17.4. The highest BCUT2D eigenvalue weighted by molar-refractivity contribution is 4.89. The van der Waals surface area contributed by atoms with Crippen LogP contribution in [0.3, 0.4) is 0 Å². The molecule has 0 amide bonds. The van der Waals surface area contributed by atoms with E-state index in [0.29, 0.717) is 0 Å². The molecule has 0 radical (unpaired) electrons. The topological polar surface area (TPSA) is 79.2 Å². The van der Waals surface area contributed by atoms with Crippen LogP contribution < -0.4 is 0 Å². The Balaban J connectivity index is 1.87. The van der Waals surface area contributed by atoms with Gasteiger partial charge < -0.3 is 24.8 Å². The number of aliphatic hydroxyl groups excluding tert-OH is 3. The summed E-state index contributed by atoms with van der Waals surface area (Å²) in [6.45, 7) is 2.06. The minimum absolute atomic E-state index is 0.0229. The average Bonchev–Trinajstić information content (AvgIpc) is 2.75. The van der Waals surface area contributed by atoms with Gasteiger partial charge in [-0.1, -0.05) is 96.8 Å². The molecule has 30 heavy (non-hydrogen) atoms. The number of aliphatic hydroxyl groups is 3. The normalized spacial score (nSPS) is 24.5. The zero-order chi connectivity index (χ0) is 21.9. The molecule has 1 aliphatic heterocycles. The van der Waals surface area contributed by atoms with E-state index in [1.165, 1.54) is 89.9 Å². The van der Waals surface area contributed by atoms with Crippen molar-refractivity contribution < 1.29 is 24.8 Å². The summed E-state index contributed by atoms with van der Waals surface area (Å²) in [5, 5.41) is 28.9. The molecule has 1 aliphatic rings. The SMILES string of the molecule is CCCCCCCCCCCCCCCCC/C=C/O[C@H]1[C@H](O)[C@@H](O)CO[C@@H]1CO. The Labute approximate surface area is 184 Å². The number of hydrogen-bond donors (Lipinski definition) is 3. The Morgan fingerprint density at radius 1 is 0.800 bits per heavy atom. The molecule has 1 saturated heterocycles. The van der Waals surface area contributed by atoms with E-state index in [9.17, 15) is 15.3 Å². The molecular weight excluding hydrogens is 380 g/mol. The maximum absolute atomic E-state index is 9.98. The fourth-order valence-corrected chi connectivity index (χ4v) is 4.03. The van der Waals surface area contributed by atoms with Crippen LogP contribution in [0, 0.1) is 0 Å². The van der Waals surface area contributed by atoms with Gasteiger partial charge in [-0.05, 0) is 18.9 Å². The van der Waals surface area contributed by atoms with E-state index in [4.69, 9.17) is 9.47 Å². The van der Waals surface area contributed by atoms with Gasteiger partial charge in [0.1, 0.15) is 18.3 Å².